The lowest BCUT2D eigenvalue weighted by atomic mass is 9.98. The molecule has 5 atom stereocenters. The van der Waals surface area contributed by atoms with E-state index in [4.69, 9.17) is 0 Å². The molecular weight excluding hydrogens is 108 g/mol. The summed E-state index contributed by atoms with van der Waals surface area (Å²) in [5.41, 5.74) is 0. The maximum Gasteiger partial charge on any atom is -0.0349 e. The molecule has 3 fully saturated rings. The van der Waals surface area contributed by atoms with Crippen molar-refractivity contribution in [2.24, 2.45) is 29.6 Å². The summed E-state index contributed by atoms with van der Waals surface area (Å²) in [5, 5.41) is 0. The molecule has 3 aliphatic carbocycles. The molecule has 0 nitrogen and oxygen atoms in total. The number of hydrogen-bond acceptors (Lipinski definition) is 0. The standard InChI is InChI=1S/C9H14/c1-2-5-6-3-8(6)9-4-7(5)9/h5-9H,2-4H2,1H3/t5?,6?,7?,8-,9?/m1/s1. The fourth-order valence-corrected chi connectivity index (χ4v) is 3.36. The first-order valence-electron chi connectivity index (χ1n) is 4.42. The third-order valence-corrected chi connectivity index (χ3v) is 3.90. The van der Waals surface area contributed by atoms with Crippen LogP contribution in [0.15, 0.2) is 0 Å². The summed E-state index contributed by atoms with van der Waals surface area (Å²) in [4.78, 5) is 0. The first kappa shape index (κ1) is 4.76. The minimum atomic E-state index is 1.18. The fraction of sp³-hybridized carbons (Fsp3) is 1.00. The van der Waals surface area contributed by atoms with Gasteiger partial charge in [0.15, 0.2) is 0 Å². The maximum absolute atomic E-state index is 2.38. The Labute approximate surface area is 56.6 Å². The van der Waals surface area contributed by atoms with E-state index in [1.807, 2.05) is 0 Å². The third kappa shape index (κ3) is 0.426. The normalized spacial score (nSPS) is 67.0. The summed E-state index contributed by atoms with van der Waals surface area (Å²) in [6, 6.07) is 0. The Kier molecular flexibility index (Phi) is 0.640. The average molecular weight is 122 g/mol. The topological polar surface area (TPSA) is 0 Å². The third-order valence-electron chi connectivity index (χ3n) is 3.90. The van der Waals surface area contributed by atoms with Crippen molar-refractivity contribution < 1.29 is 0 Å². The van der Waals surface area contributed by atoms with Gasteiger partial charge in [0, 0.05) is 0 Å². The van der Waals surface area contributed by atoms with E-state index in [9.17, 15) is 0 Å². The first-order chi connectivity index (χ1) is 4.42. The second-order valence-electron chi connectivity index (χ2n) is 4.20. The Hall–Kier alpha value is 0. The molecule has 0 heterocycles. The smallest absolute Gasteiger partial charge is 0.0349 e. The molecule has 0 aliphatic heterocycles. The van der Waals surface area contributed by atoms with Gasteiger partial charge >= 0.3 is 0 Å². The van der Waals surface area contributed by atoms with Crippen molar-refractivity contribution in [1.29, 1.82) is 0 Å². The molecule has 3 saturated carbocycles. The molecule has 0 N–H and O–H groups in total. The molecule has 0 bridgehead atoms. The van der Waals surface area contributed by atoms with E-state index in [0.29, 0.717) is 0 Å². The highest BCUT2D eigenvalue weighted by Gasteiger charge is 2.65. The van der Waals surface area contributed by atoms with Crippen molar-refractivity contribution in [3.8, 4) is 0 Å². The van der Waals surface area contributed by atoms with Crippen LogP contribution in [0.2, 0.25) is 0 Å². The summed E-state index contributed by atoms with van der Waals surface area (Å²) in [6.45, 7) is 2.38. The summed E-state index contributed by atoms with van der Waals surface area (Å²) < 4.78 is 0. The van der Waals surface area contributed by atoms with E-state index in [1.54, 1.807) is 12.8 Å². The number of rotatable bonds is 1. The van der Waals surface area contributed by atoms with Gasteiger partial charge in [-0.05, 0) is 42.4 Å². The predicted octanol–water partition coefficient (Wildman–Crippen LogP) is 2.30. The van der Waals surface area contributed by atoms with Crippen LogP contribution >= 0.6 is 0 Å². The lowest BCUT2D eigenvalue weighted by Gasteiger charge is -2.07. The van der Waals surface area contributed by atoms with Crippen LogP contribution in [-0.2, 0) is 0 Å². The van der Waals surface area contributed by atoms with Gasteiger partial charge in [-0.3, -0.25) is 0 Å². The van der Waals surface area contributed by atoms with E-state index in [2.05, 4.69) is 6.92 Å². The largest absolute Gasteiger partial charge is 0.0651 e. The zero-order chi connectivity index (χ0) is 6.01. The summed E-state index contributed by atoms with van der Waals surface area (Å²) in [7, 11) is 0. The Bertz CT molecular complexity index is 134. The SMILES string of the molecule is CCC1C2CC2[C@@H]2CC12. The van der Waals surface area contributed by atoms with Crippen LogP contribution in [0, 0.1) is 29.6 Å². The van der Waals surface area contributed by atoms with Crippen LogP contribution in [0.25, 0.3) is 0 Å². The molecule has 0 amide bonds. The summed E-state index contributed by atoms with van der Waals surface area (Å²) >= 11 is 0. The molecule has 0 aromatic rings. The van der Waals surface area contributed by atoms with Gasteiger partial charge < -0.3 is 0 Å². The maximum atomic E-state index is 2.38. The average Bonchev–Trinajstić information content (AvgIpc) is 2.65. The Morgan fingerprint density at radius 2 is 1.56 bits per heavy atom. The van der Waals surface area contributed by atoms with Crippen molar-refractivity contribution in [2.75, 3.05) is 0 Å². The van der Waals surface area contributed by atoms with Crippen LogP contribution in [0.5, 0.6) is 0 Å². The Balaban J connectivity index is 1.87. The second-order valence-corrected chi connectivity index (χ2v) is 4.20. The molecule has 50 valence electrons. The van der Waals surface area contributed by atoms with E-state index >= 15 is 0 Å². The van der Waals surface area contributed by atoms with E-state index in [1.165, 1.54) is 36.0 Å². The van der Waals surface area contributed by atoms with E-state index in [0.717, 1.165) is 0 Å². The molecule has 0 heteroatoms. The molecule has 0 aromatic carbocycles. The molecule has 3 rings (SSSR count). The van der Waals surface area contributed by atoms with Crippen molar-refractivity contribution in [3.63, 3.8) is 0 Å². The number of fused-ring (bicyclic) bond motifs is 3. The molecule has 0 aromatic heterocycles. The minimum absolute atomic E-state index is 1.18. The zero-order valence-electron chi connectivity index (χ0n) is 6.01. The Morgan fingerprint density at radius 3 is 1.89 bits per heavy atom. The highest BCUT2D eigenvalue weighted by Crippen LogP contribution is 2.72. The number of hydrogen-bond donors (Lipinski definition) is 0. The highest BCUT2D eigenvalue weighted by molar-refractivity contribution is 5.14. The van der Waals surface area contributed by atoms with Gasteiger partial charge in [-0.2, -0.15) is 0 Å². The van der Waals surface area contributed by atoms with Gasteiger partial charge in [0.1, 0.15) is 0 Å². The van der Waals surface area contributed by atoms with E-state index < -0.39 is 0 Å². The van der Waals surface area contributed by atoms with Gasteiger partial charge in [-0.25, -0.2) is 0 Å². The van der Waals surface area contributed by atoms with Gasteiger partial charge in [-0.15, -0.1) is 0 Å². The molecule has 0 radical (unpaired) electrons. The van der Waals surface area contributed by atoms with Crippen molar-refractivity contribution in [1.82, 2.24) is 0 Å². The molecule has 4 unspecified atom stereocenters. The van der Waals surface area contributed by atoms with Crippen LogP contribution in [0.1, 0.15) is 26.2 Å². The van der Waals surface area contributed by atoms with Crippen LogP contribution < -0.4 is 0 Å². The van der Waals surface area contributed by atoms with Gasteiger partial charge in [0.25, 0.3) is 0 Å². The minimum Gasteiger partial charge on any atom is -0.0651 e. The predicted molar refractivity (Wildman–Crippen MR) is 37.0 cm³/mol. The summed E-state index contributed by atoms with van der Waals surface area (Å²) in [6.07, 6.45) is 4.70. The monoisotopic (exact) mass is 122 g/mol. The molecule has 3 aliphatic rings. The lowest BCUT2D eigenvalue weighted by molar-refractivity contribution is 0.416. The van der Waals surface area contributed by atoms with Gasteiger partial charge in [-0.1, -0.05) is 13.3 Å². The zero-order valence-corrected chi connectivity index (χ0v) is 6.01. The molecule has 0 spiro atoms. The van der Waals surface area contributed by atoms with Gasteiger partial charge in [0.05, 0.1) is 0 Å². The quantitative estimate of drug-likeness (QED) is 0.500. The second kappa shape index (κ2) is 1.21. The first-order valence-corrected chi connectivity index (χ1v) is 4.42. The van der Waals surface area contributed by atoms with E-state index in [-0.39, 0.29) is 0 Å². The molecule has 9 heavy (non-hydrogen) atoms. The van der Waals surface area contributed by atoms with Crippen molar-refractivity contribution in [2.45, 2.75) is 26.2 Å². The molecular formula is C9H14. The van der Waals surface area contributed by atoms with Crippen LogP contribution in [0.3, 0.4) is 0 Å². The van der Waals surface area contributed by atoms with Gasteiger partial charge in [0.2, 0.25) is 0 Å². The Morgan fingerprint density at radius 1 is 1.00 bits per heavy atom. The lowest BCUT2D eigenvalue weighted by Crippen LogP contribution is -2.00. The highest BCUT2D eigenvalue weighted by atomic mass is 14.7. The van der Waals surface area contributed by atoms with Crippen molar-refractivity contribution in [3.05, 3.63) is 0 Å². The van der Waals surface area contributed by atoms with Crippen LogP contribution in [0.4, 0.5) is 0 Å². The van der Waals surface area contributed by atoms with Crippen LogP contribution in [-0.4, -0.2) is 0 Å². The fourth-order valence-electron chi connectivity index (χ4n) is 3.36. The van der Waals surface area contributed by atoms with Crippen molar-refractivity contribution >= 4 is 0 Å². The molecule has 0 saturated heterocycles. The summed E-state index contributed by atoms with van der Waals surface area (Å²) in [5.74, 6) is 6.09.